The van der Waals surface area contributed by atoms with E-state index in [0.29, 0.717) is 18.0 Å². The lowest BCUT2D eigenvalue weighted by atomic mass is 10.0. The van der Waals surface area contributed by atoms with Crippen LogP contribution in [0.5, 0.6) is 0 Å². The Kier molecular flexibility index (Phi) is 2.89. The van der Waals surface area contributed by atoms with Crippen LogP contribution in [0, 0.1) is 11.8 Å². The molecule has 3 aliphatic carbocycles. The fourth-order valence-corrected chi connectivity index (χ4v) is 5.67. The maximum absolute atomic E-state index is 12.4. The molecule has 21 heavy (non-hydrogen) atoms. The third-order valence-electron chi connectivity index (χ3n) is 5.07. The molecule has 1 N–H and O–H groups in total. The van der Waals surface area contributed by atoms with E-state index in [1.165, 1.54) is 6.39 Å². The molecule has 0 spiro atoms. The summed E-state index contributed by atoms with van der Waals surface area (Å²) in [6, 6.07) is 0. The van der Waals surface area contributed by atoms with Gasteiger partial charge in [-0.2, -0.15) is 0 Å². The van der Waals surface area contributed by atoms with Crippen molar-refractivity contribution in [3.63, 3.8) is 0 Å². The van der Waals surface area contributed by atoms with E-state index in [0.717, 1.165) is 32.1 Å². The number of hydrogen-bond acceptors (Lipinski definition) is 5. The smallest absolute Gasteiger partial charge is 0.302 e. The minimum absolute atomic E-state index is 0.0595. The van der Waals surface area contributed by atoms with Crippen LogP contribution in [0.1, 0.15) is 60.7 Å². The molecule has 1 amide bonds. The van der Waals surface area contributed by atoms with Crippen LogP contribution in [-0.2, 0) is 10.0 Å². The molecular formula is C14H18N2O4S. The van der Waals surface area contributed by atoms with E-state index in [1.807, 2.05) is 0 Å². The van der Waals surface area contributed by atoms with Crippen LogP contribution in [0.15, 0.2) is 10.8 Å². The summed E-state index contributed by atoms with van der Waals surface area (Å²) in [4.78, 5) is 16.3. The lowest BCUT2D eigenvalue weighted by Crippen LogP contribution is -2.41. The number of amides is 1. The highest BCUT2D eigenvalue weighted by molar-refractivity contribution is 7.90. The molecule has 3 saturated carbocycles. The Bertz CT molecular complexity index is 677. The Balaban J connectivity index is 1.52. The van der Waals surface area contributed by atoms with Gasteiger partial charge in [0.2, 0.25) is 15.8 Å². The molecule has 3 atom stereocenters. The van der Waals surface area contributed by atoms with Gasteiger partial charge < -0.3 is 4.42 Å². The van der Waals surface area contributed by atoms with Gasteiger partial charge in [0.05, 0.1) is 10.9 Å². The van der Waals surface area contributed by atoms with E-state index in [4.69, 9.17) is 4.42 Å². The van der Waals surface area contributed by atoms with Gasteiger partial charge in [0.1, 0.15) is 0 Å². The molecule has 1 unspecified atom stereocenters. The number of fused-ring (bicyclic) bond motifs is 2. The van der Waals surface area contributed by atoms with Crippen LogP contribution >= 0.6 is 0 Å². The Morgan fingerprint density at radius 2 is 2.05 bits per heavy atom. The molecule has 1 heterocycles. The third-order valence-corrected chi connectivity index (χ3v) is 6.92. The summed E-state index contributed by atoms with van der Waals surface area (Å²) >= 11 is 0. The number of carbonyl (C=O) groups is 1. The van der Waals surface area contributed by atoms with Crippen molar-refractivity contribution in [3.05, 3.63) is 17.8 Å². The minimum atomic E-state index is -3.63. The van der Waals surface area contributed by atoms with E-state index in [2.05, 4.69) is 9.71 Å². The van der Waals surface area contributed by atoms with Crippen LogP contribution in [0.25, 0.3) is 0 Å². The number of nitrogens with one attached hydrogen (secondary N) is 1. The zero-order chi connectivity index (χ0) is 14.6. The van der Waals surface area contributed by atoms with Crippen LogP contribution in [-0.4, -0.2) is 24.6 Å². The highest BCUT2D eigenvalue weighted by Crippen LogP contribution is 2.47. The maximum Gasteiger partial charge on any atom is 0.302 e. The van der Waals surface area contributed by atoms with Crippen molar-refractivity contribution >= 4 is 15.9 Å². The van der Waals surface area contributed by atoms with Crippen LogP contribution in [0.2, 0.25) is 0 Å². The second-order valence-corrected chi connectivity index (χ2v) is 8.43. The number of aromatic nitrogens is 1. The average molecular weight is 310 g/mol. The van der Waals surface area contributed by atoms with Gasteiger partial charge in [-0.25, -0.2) is 18.1 Å². The van der Waals surface area contributed by atoms with E-state index in [1.54, 1.807) is 0 Å². The lowest BCUT2D eigenvalue weighted by molar-refractivity contribution is 0.0952. The van der Waals surface area contributed by atoms with Crippen LogP contribution in [0.3, 0.4) is 0 Å². The van der Waals surface area contributed by atoms with Crippen molar-refractivity contribution in [3.8, 4) is 0 Å². The normalized spacial score (nSPS) is 31.5. The molecule has 114 valence electrons. The van der Waals surface area contributed by atoms with Crippen molar-refractivity contribution in [1.29, 1.82) is 0 Å². The fourth-order valence-electron chi connectivity index (χ4n) is 3.89. The second kappa shape index (κ2) is 4.56. The van der Waals surface area contributed by atoms with Crippen LogP contribution < -0.4 is 4.72 Å². The quantitative estimate of drug-likeness (QED) is 0.916. The topological polar surface area (TPSA) is 89.3 Å². The maximum atomic E-state index is 12.4. The highest BCUT2D eigenvalue weighted by Gasteiger charge is 2.47. The minimum Gasteiger partial charge on any atom is -0.438 e. The van der Waals surface area contributed by atoms with E-state index in [9.17, 15) is 13.2 Å². The van der Waals surface area contributed by atoms with Gasteiger partial charge in [-0.05, 0) is 43.9 Å². The standard InChI is InChI=1S/C14H18N2O4S/c17-14(13-12(9-3-4-9)15-7-20-13)16-21(18,19)11-6-8-1-2-10(11)5-8/h7-11H,1-6H2,(H,16,17)/t8-,10+,11?/m1/s1. The lowest BCUT2D eigenvalue weighted by Gasteiger charge is -2.21. The SMILES string of the molecule is O=C(NS(=O)(=O)C1C[C@@H]2CC[C@H]1C2)c1ocnc1C1CC1. The summed E-state index contributed by atoms with van der Waals surface area (Å²) in [5.41, 5.74) is 0.593. The van der Waals surface area contributed by atoms with Gasteiger partial charge in [-0.15, -0.1) is 0 Å². The molecule has 3 fully saturated rings. The van der Waals surface area contributed by atoms with E-state index >= 15 is 0 Å². The zero-order valence-electron chi connectivity index (χ0n) is 11.6. The molecule has 3 aliphatic rings. The molecule has 1 aromatic heterocycles. The van der Waals surface area contributed by atoms with Gasteiger partial charge in [0, 0.05) is 5.92 Å². The molecule has 0 radical (unpaired) electrons. The van der Waals surface area contributed by atoms with Crippen molar-refractivity contribution < 1.29 is 17.6 Å². The average Bonchev–Trinajstić information content (AvgIpc) is 2.92. The van der Waals surface area contributed by atoms with Crippen LogP contribution in [0.4, 0.5) is 0 Å². The molecule has 0 aliphatic heterocycles. The summed E-state index contributed by atoms with van der Waals surface area (Å²) in [7, 11) is -3.63. The molecule has 4 rings (SSSR count). The van der Waals surface area contributed by atoms with E-state index < -0.39 is 21.2 Å². The molecule has 0 saturated heterocycles. The Morgan fingerprint density at radius 3 is 2.67 bits per heavy atom. The summed E-state index contributed by atoms with van der Waals surface area (Å²) in [5.74, 6) is 0.355. The Hall–Kier alpha value is -1.37. The predicted molar refractivity (Wildman–Crippen MR) is 74.1 cm³/mol. The molecular weight excluding hydrogens is 292 g/mol. The largest absolute Gasteiger partial charge is 0.438 e. The van der Waals surface area contributed by atoms with Gasteiger partial charge in [-0.3, -0.25) is 4.79 Å². The molecule has 1 aromatic rings. The van der Waals surface area contributed by atoms with Crippen molar-refractivity contribution in [2.45, 2.75) is 49.7 Å². The number of carbonyl (C=O) groups excluding carboxylic acids is 1. The molecule has 0 aromatic carbocycles. The monoisotopic (exact) mass is 310 g/mol. The highest BCUT2D eigenvalue weighted by atomic mass is 32.2. The molecule has 6 nitrogen and oxygen atoms in total. The van der Waals surface area contributed by atoms with Crippen molar-refractivity contribution in [1.82, 2.24) is 9.71 Å². The molecule has 2 bridgehead atoms. The first kappa shape index (κ1) is 13.3. The third kappa shape index (κ3) is 2.27. The number of hydrogen-bond donors (Lipinski definition) is 1. The molecule has 7 heteroatoms. The Labute approximate surface area is 123 Å². The first-order valence-electron chi connectivity index (χ1n) is 7.54. The Morgan fingerprint density at radius 1 is 1.24 bits per heavy atom. The van der Waals surface area contributed by atoms with E-state index in [-0.39, 0.29) is 17.6 Å². The summed E-state index contributed by atoms with van der Waals surface area (Å²) in [6.45, 7) is 0. The number of nitrogens with zero attached hydrogens (tertiary/aromatic N) is 1. The summed E-state index contributed by atoms with van der Waals surface area (Å²) in [6.07, 6.45) is 6.91. The van der Waals surface area contributed by atoms with Gasteiger partial charge in [0.25, 0.3) is 0 Å². The summed E-state index contributed by atoms with van der Waals surface area (Å²) < 4.78 is 32.2. The number of sulfonamides is 1. The number of rotatable bonds is 4. The van der Waals surface area contributed by atoms with Gasteiger partial charge in [0.15, 0.2) is 6.39 Å². The van der Waals surface area contributed by atoms with Crippen molar-refractivity contribution in [2.24, 2.45) is 11.8 Å². The number of oxazole rings is 1. The van der Waals surface area contributed by atoms with Crippen molar-refractivity contribution in [2.75, 3.05) is 0 Å². The van der Waals surface area contributed by atoms with Gasteiger partial charge >= 0.3 is 5.91 Å². The first-order valence-corrected chi connectivity index (χ1v) is 9.08. The first-order chi connectivity index (χ1) is 10.0. The zero-order valence-corrected chi connectivity index (χ0v) is 12.4. The predicted octanol–water partition coefficient (Wildman–Crippen LogP) is 1.80. The van der Waals surface area contributed by atoms with Gasteiger partial charge in [-0.1, -0.05) is 6.42 Å². The fraction of sp³-hybridized carbons (Fsp3) is 0.714. The second-order valence-electron chi connectivity index (χ2n) is 6.53. The summed E-state index contributed by atoms with van der Waals surface area (Å²) in [5, 5.41) is -0.424.